The summed E-state index contributed by atoms with van der Waals surface area (Å²) in [5.41, 5.74) is 0. The van der Waals surface area contributed by atoms with Gasteiger partial charge in [-0.15, -0.1) is 0 Å². The normalized spacial score (nSPS) is 25.0. The second-order valence-corrected chi connectivity index (χ2v) is 3.66. The lowest BCUT2D eigenvalue weighted by Crippen LogP contribution is -2.31. The monoisotopic (exact) mass is 172 g/mol. The van der Waals surface area contributed by atoms with Gasteiger partial charge in [-0.3, -0.25) is 0 Å². The third kappa shape index (κ3) is 3.55. The predicted molar refractivity (Wildman–Crippen MR) is 49.2 cm³/mol. The summed E-state index contributed by atoms with van der Waals surface area (Å²) >= 11 is 0. The Labute approximate surface area is 75.2 Å². The van der Waals surface area contributed by atoms with Crippen molar-refractivity contribution in [2.75, 3.05) is 19.8 Å². The molecule has 12 heavy (non-hydrogen) atoms. The summed E-state index contributed by atoms with van der Waals surface area (Å²) < 4.78 is 10.7. The lowest BCUT2D eigenvalue weighted by molar-refractivity contribution is -0.0946. The van der Waals surface area contributed by atoms with Gasteiger partial charge < -0.3 is 9.47 Å². The maximum absolute atomic E-state index is 5.49. The molecule has 2 atom stereocenters. The highest BCUT2D eigenvalue weighted by atomic mass is 16.5. The van der Waals surface area contributed by atoms with Gasteiger partial charge in [-0.1, -0.05) is 20.3 Å². The Balaban J connectivity index is 1.82. The molecule has 0 saturated carbocycles. The molecule has 1 aliphatic rings. The molecule has 0 amide bonds. The summed E-state index contributed by atoms with van der Waals surface area (Å²) in [5, 5.41) is 0. The summed E-state index contributed by atoms with van der Waals surface area (Å²) in [7, 11) is 0. The molecule has 0 N–H and O–H groups in total. The lowest BCUT2D eigenvalue weighted by atomic mass is 10.1. The molecule has 2 nitrogen and oxygen atoms in total. The zero-order valence-electron chi connectivity index (χ0n) is 8.21. The van der Waals surface area contributed by atoms with Gasteiger partial charge in [0, 0.05) is 13.2 Å². The van der Waals surface area contributed by atoms with Crippen LogP contribution in [0.1, 0.15) is 33.1 Å². The molecule has 1 saturated heterocycles. The SMILES string of the molecule is CCC(C)CCOCC1CCO1. The van der Waals surface area contributed by atoms with Crippen molar-refractivity contribution >= 4 is 0 Å². The minimum atomic E-state index is 0.405. The highest BCUT2D eigenvalue weighted by Crippen LogP contribution is 2.12. The van der Waals surface area contributed by atoms with Crippen LogP contribution in [0.25, 0.3) is 0 Å². The smallest absolute Gasteiger partial charge is 0.0830 e. The maximum atomic E-state index is 5.49. The standard InChI is InChI=1S/C10H20O2/c1-3-9(2)4-6-11-8-10-5-7-12-10/h9-10H,3-8H2,1-2H3. The van der Waals surface area contributed by atoms with Crippen LogP contribution in [0.4, 0.5) is 0 Å². The van der Waals surface area contributed by atoms with Crippen LogP contribution in [0.15, 0.2) is 0 Å². The minimum Gasteiger partial charge on any atom is -0.379 e. The van der Waals surface area contributed by atoms with Gasteiger partial charge in [0.25, 0.3) is 0 Å². The Morgan fingerprint density at radius 3 is 2.83 bits per heavy atom. The number of ether oxygens (including phenoxy) is 2. The first-order valence-electron chi connectivity index (χ1n) is 5.02. The van der Waals surface area contributed by atoms with Crippen LogP contribution in [0.5, 0.6) is 0 Å². The van der Waals surface area contributed by atoms with Crippen molar-refractivity contribution < 1.29 is 9.47 Å². The molecule has 0 aliphatic carbocycles. The first kappa shape index (κ1) is 10.0. The van der Waals surface area contributed by atoms with E-state index in [9.17, 15) is 0 Å². The largest absolute Gasteiger partial charge is 0.379 e. The molecule has 2 heteroatoms. The molecule has 2 unspecified atom stereocenters. The predicted octanol–water partition coefficient (Wildman–Crippen LogP) is 2.23. The Morgan fingerprint density at radius 2 is 2.33 bits per heavy atom. The Hall–Kier alpha value is -0.0800. The highest BCUT2D eigenvalue weighted by molar-refractivity contribution is 4.64. The van der Waals surface area contributed by atoms with Gasteiger partial charge >= 0.3 is 0 Å². The molecule has 0 aromatic rings. The Morgan fingerprint density at radius 1 is 1.58 bits per heavy atom. The van der Waals surface area contributed by atoms with Crippen LogP contribution in [-0.2, 0) is 9.47 Å². The van der Waals surface area contributed by atoms with Crippen LogP contribution >= 0.6 is 0 Å². The maximum Gasteiger partial charge on any atom is 0.0830 e. The van der Waals surface area contributed by atoms with Crippen LogP contribution < -0.4 is 0 Å². The van der Waals surface area contributed by atoms with Crippen molar-refractivity contribution in [2.45, 2.75) is 39.2 Å². The van der Waals surface area contributed by atoms with E-state index in [4.69, 9.17) is 9.47 Å². The van der Waals surface area contributed by atoms with E-state index < -0.39 is 0 Å². The van der Waals surface area contributed by atoms with E-state index in [1.807, 2.05) is 0 Å². The average Bonchev–Trinajstić information content (AvgIpc) is 2.00. The Bertz CT molecular complexity index is 104. The molecule has 1 aliphatic heterocycles. The van der Waals surface area contributed by atoms with E-state index in [2.05, 4.69) is 13.8 Å². The first-order valence-corrected chi connectivity index (χ1v) is 5.02. The molecule has 1 heterocycles. The van der Waals surface area contributed by atoms with Crippen LogP contribution in [-0.4, -0.2) is 25.9 Å². The summed E-state index contributed by atoms with van der Waals surface area (Å²) in [6.45, 7) is 7.12. The quantitative estimate of drug-likeness (QED) is 0.572. The van der Waals surface area contributed by atoms with E-state index in [1.54, 1.807) is 0 Å². The van der Waals surface area contributed by atoms with Crippen molar-refractivity contribution in [3.63, 3.8) is 0 Å². The second-order valence-electron chi connectivity index (χ2n) is 3.66. The molecule has 0 aromatic carbocycles. The zero-order chi connectivity index (χ0) is 8.81. The molecular weight excluding hydrogens is 152 g/mol. The van der Waals surface area contributed by atoms with E-state index in [-0.39, 0.29) is 0 Å². The highest BCUT2D eigenvalue weighted by Gasteiger charge is 2.17. The lowest BCUT2D eigenvalue weighted by Gasteiger charge is -2.26. The van der Waals surface area contributed by atoms with Crippen molar-refractivity contribution in [3.05, 3.63) is 0 Å². The van der Waals surface area contributed by atoms with Gasteiger partial charge in [-0.25, -0.2) is 0 Å². The summed E-state index contributed by atoms with van der Waals surface area (Å²) in [5.74, 6) is 0.798. The third-order valence-corrected chi connectivity index (χ3v) is 2.55. The van der Waals surface area contributed by atoms with Gasteiger partial charge in [-0.2, -0.15) is 0 Å². The fourth-order valence-electron chi connectivity index (χ4n) is 1.12. The van der Waals surface area contributed by atoms with Crippen molar-refractivity contribution in [3.8, 4) is 0 Å². The second kappa shape index (κ2) is 5.55. The number of hydrogen-bond donors (Lipinski definition) is 0. The van der Waals surface area contributed by atoms with Crippen LogP contribution in [0.3, 0.4) is 0 Å². The molecule has 0 spiro atoms. The molecule has 0 aromatic heterocycles. The van der Waals surface area contributed by atoms with E-state index in [1.165, 1.54) is 19.3 Å². The van der Waals surface area contributed by atoms with Gasteiger partial charge in [0.1, 0.15) is 0 Å². The molecule has 1 fully saturated rings. The molecule has 72 valence electrons. The van der Waals surface area contributed by atoms with Crippen molar-refractivity contribution in [2.24, 2.45) is 5.92 Å². The summed E-state index contributed by atoms with van der Waals surface area (Å²) in [6, 6.07) is 0. The van der Waals surface area contributed by atoms with E-state index in [0.29, 0.717) is 6.10 Å². The third-order valence-electron chi connectivity index (χ3n) is 2.55. The fraction of sp³-hybridized carbons (Fsp3) is 1.00. The van der Waals surface area contributed by atoms with Gasteiger partial charge in [0.05, 0.1) is 12.7 Å². The summed E-state index contributed by atoms with van der Waals surface area (Å²) in [6.07, 6.45) is 4.03. The molecule has 0 radical (unpaired) electrons. The average molecular weight is 172 g/mol. The van der Waals surface area contributed by atoms with Crippen LogP contribution in [0.2, 0.25) is 0 Å². The number of hydrogen-bond acceptors (Lipinski definition) is 2. The zero-order valence-corrected chi connectivity index (χ0v) is 8.21. The molecular formula is C10H20O2. The van der Waals surface area contributed by atoms with Crippen LogP contribution in [0, 0.1) is 5.92 Å². The van der Waals surface area contributed by atoms with Crippen molar-refractivity contribution in [1.82, 2.24) is 0 Å². The fourth-order valence-corrected chi connectivity index (χ4v) is 1.12. The van der Waals surface area contributed by atoms with Crippen molar-refractivity contribution in [1.29, 1.82) is 0 Å². The van der Waals surface area contributed by atoms with Gasteiger partial charge in [0.15, 0.2) is 0 Å². The van der Waals surface area contributed by atoms with Gasteiger partial charge in [0.2, 0.25) is 0 Å². The van der Waals surface area contributed by atoms with E-state index >= 15 is 0 Å². The Kier molecular flexibility index (Phi) is 4.62. The number of rotatable bonds is 6. The molecule has 1 rings (SSSR count). The topological polar surface area (TPSA) is 18.5 Å². The van der Waals surface area contributed by atoms with E-state index in [0.717, 1.165) is 25.7 Å². The first-order chi connectivity index (χ1) is 5.83. The van der Waals surface area contributed by atoms with Gasteiger partial charge in [-0.05, 0) is 18.8 Å². The summed E-state index contributed by atoms with van der Waals surface area (Å²) in [4.78, 5) is 0. The molecule has 0 bridgehead atoms. The minimum absolute atomic E-state index is 0.405.